The summed E-state index contributed by atoms with van der Waals surface area (Å²) in [4.78, 5) is 28.3. The lowest BCUT2D eigenvalue weighted by atomic mass is 10.2. The number of amidine groups is 1. The summed E-state index contributed by atoms with van der Waals surface area (Å²) >= 11 is 6.68. The number of carbonyl (C=O) groups excluding carboxylic acids is 2. The molecule has 1 aliphatic heterocycles. The number of benzene rings is 1. The Hall–Kier alpha value is -1.74. The van der Waals surface area contributed by atoms with Gasteiger partial charge in [0.2, 0.25) is 11.8 Å². The molecule has 1 aromatic carbocycles. The average molecular weight is 408 g/mol. The zero-order valence-corrected chi connectivity index (χ0v) is 15.6. The molecule has 2 rings (SSSR count). The minimum Gasteiger partial charge on any atom is -0.326 e. The maximum Gasteiger partial charge on any atom is 0.417 e. The number of rotatable bonds is 5. The number of nitrogens with one attached hydrogen (secondary N) is 2. The van der Waals surface area contributed by atoms with Crippen LogP contribution in [0.4, 0.5) is 18.9 Å². The van der Waals surface area contributed by atoms with E-state index in [-0.39, 0.29) is 24.1 Å². The van der Waals surface area contributed by atoms with Crippen molar-refractivity contribution in [2.75, 3.05) is 5.32 Å². The van der Waals surface area contributed by atoms with E-state index in [1.807, 2.05) is 13.8 Å². The minimum atomic E-state index is -4.62. The first-order valence-electron chi connectivity index (χ1n) is 7.82. The van der Waals surface area contributed by atoms with Crippen LogP contribution in [-0.4, -0.2) is 28.3 Å². The molecule has 1 fully saturated rings. The van der Waals surface area contributed by atoms with Gasteiger partial charge in [-0.3, -0.25) is 14.6 Å². The lowest BCUT2D eigenvalue weighted by Gasteiger charge is -2.12. The van der Waals surface area contributed by atoms with Crippen LogP contribution in [0.1, 0.15) is 32.3 Å². The molecule has 1 saturated heterocycles. The number of aliphatic imine (C=N–C) groups is 1. The molecule has 2 atom stereocenters. The molecule has 2 unspecified atom stereocenters. The number of halogens is 4. The summed E-state index contributed by atoms with van der Waals surface area (Å²) in [6.07, 6.45) is -4.00. The molecular weight excluding hydrogens is 391 g/mol. The first-order valence-corrected chi connectivity index (χ1v) is 9.07. The predicted molar refractivity (Wildman–Crippen MR) is 96.4 cm³/mol. The van der Waals surface area contributed by atoms with Crippen LogP contribution in [0.15, 0.2) is 23.2 Å². The lowest BCUT2D eigenvalue weighted by Crippen LogP contribution is -2.28. The van der Waals surface area contributed by atoms with E-state index in [1.165, 1.54) is 6.07 Å². The molecule has 0 spiro atoms. The summed E-state index contributed by atoms with van der Waals surface area (Å²) in [5, 5.41) is 4.29. The lowest BCUT2D eigenvalue weighted by molar-refractivity contribution is -0.137. The fourth-order valence-electron chi connectivity index (χ4n) is 2.09. The number of carbonyl (C=O) groups is 2. The Labute approximate surface area is 157 Å². The number of alkyl halides is 3. The van der Waals surface area contributed by atoms with E-state index < -0.39 is 27.9 Å². The van der Waals surface area contributed by atoms with E-state index in [9.17, 15) is 22.8 Å². The predicted octanol–water partition coefficient (Wildman–Crippen LogP) is 4.07. The van der Waals surface area contributed by atoms with E-state index >= 15 is 0 Å². The second-order valence-corrected chi connectivity index (χ2v) is 7.33. The molecule has 0 aliphatic carbocycles. The fraction of sp³-hybridized carbons (Fsp3) is 0.438. The van der Waals surface area contributed by atoms with Gasteiger partial charge in [0.25, 0.3) is 0 Å². The molecular formula is C16H17ClF3N3O2S. The van der Waals surface area contributed by atoms with E-state index in [1.54, 1.807) is 0 Å². The number of hydrogen-bond acceptors (Lipinski definition) is 4. The van der Waals surface area contributed by atoms with E-state index in [0.29, 0.717) is 5.17 Å². The molecule has 142 valence electrons. The van der Waals surface area contributed by atoms with Crippen molar-refractivity contribution in [3.05, 3.63) is 28.8 Å². The third-order valence-electron chi connectivity index (χ3n) is 3.63. The van der Waals surface area contributed by atoms with Crippen molar-refractivity contribution in [2.45, 2.75) is 44.2 Å². The number of anilines is 1. The molecule has 1 aromatic rings. The number of amides is 2. The highest BCUT2D eigenvalue weighted by Gasteiger charge is 2.34. The van der Waals surface area contributed by atoms with Gasteiger partial charge >= 0.3 is 6.18 Å². The standard InChI is InChI=1S/C16H17ClF3N3O2S/c1-3-8(2)21-15-23-14(25)12(26-15)7-13(24)22-9-4-5-11(17)10(6-9)16(18,19)20/h4-6,8,12H,3,7H2,1-2H3,(H,22,24)(H,21,23,25). The van der Waals surface area contributed by atoms with Crippen LogP contribution < -0.4 is 10.6 Å². The van der Waals surface area contributed by atoms with Crippen LogP contribution in [0.25, 0.3) is 0 Å². The van der Waals surface area contributed by atoms with Gasteiger partial charge in [-0.2, -0.15) is 13.2 Å². The largest absolute Gasteiger partial charge is 0.417 e. The third kappa shape index (κ3) is 5.38. The van der Waals surface area contributed by atoms with Crippen molar-refractivity contribution in [1.29, 1.82) is 0 Å². The first-order chi connectivity index (χ1) is 12.1. The highest BCUT2D eigenvalue weighted by molar-refractivity contribution is 8.15. The summed E-state index contributed by atoms with van der Waals surface area (Å²) in [5.74, 6) is -0.919. The SMILES string of the molecule is CCC(C)N=C1NC(=O)C(CC(=O)Nc2ccc(Cl)c(C(F)(F)F)c2)S1. The summed E-state index contributed by atoms with van der Waals surface area (Å²) < 4.78 is 38.6. The Morgan fingerprint density at radius 2 is 2.15 bits per heavy atom. The van der Waals surface area contributed by atoms with Crippen LogP contribution in [0, 0.1) is 0 Å². The Bertz CT molecular complexity index is 740. The molecule has 0 saturated carbocycles. The average Bonchev–Trinajstić information content (AvgIpc) is 2.87. The Morgan fingerprint density at radius 1 is 1.46 bits per heavy atom. The molecule has 2 amide bonds. The zero-order chi connectivity index (χ0) is 19.5. The van der Waals surface area contributed by atoms with Gasteiger partial charge in [-0.15, -0.1) is 0 Å². The molecule has 1 aliphatic rings. The minimum absolute atomic E-state index is 0.0383. The molecule has 10 heteroatoms. The van der Waals surface area contributed by atoms with Gasteiger partial charge in [0.1, 0.15) is 5.25 Å². The maximum atomic E-state index is 12.9. The molecule has 0 aromatic heterocycles. The first kappa shape index (κ1) is 20.6. The van der Waals surface area contributed by atoms with Gasteiger partial charge in [-0.1, -0.05) is 30.3 Å². The maximum absolute atomic E-state index is 12.9. The van der Waals surface area contributed by atoms with E-state index in [0.717, 1.165) is 30.3 Å². The smallest absolute Gasteiger partial charge is 0.326 e. The van der Waals surface area contributed by atoms with Gasteiger partial charge in [0.05, 0.1) is 10.6 Å². The molecule has 0 bridgehead atoms. The van der Waals surface area contributed by atoms with E-state index in [2.05, 4.69) is 15.6 Å². The number of thioether (sulfide) groups is 1. The topological polar surface area (TPSA) is 70.6 Å². The second kappa shape index (κ2) is 8.30. The quantitative estimate of drug-likeness (QED) is 0.772. The zero-order valence-electron chi connectivity index (χ0n) is 14.0. The van der Waals surface area contributed by atoms with Crippen LogP contribution in [0.5, 0.6) is 0 Å². The summed E-state index contributed by atoms with van der Waals surface area (Å²) in [6, 6.07) is 3.14. The molecule has 26 heavy (non-hydrogen) atoms. The molecule has 5 nitrogen and oxygen atoms in total. The molecule has 1 heterocycles. The van der Waals surface area contributed by atoms with Crippen molar-refractivity contribution in [3.63, 3.8) is 0 Å². The summed E-state index contributed by atoms with van der Waals surface area (Å²) in [7, 11) is 0. The Balaban J connectivity index is 2.01. The van der Waals surface area contributed by atoms with Crippen molar-refractivity contribution in [2.24, 2.45) is 4.99 Å². The summed E-state index contributed by atoms with van der Waals surface area (Å²) in [5.41, 5.74) is -1.07. The molecule has 0 radical (unpaired) electrons. The van der Waals surface area contributed by atoms with Crippen molar-refractivity contribution >= 4 is 46.0 Å². The normalized spacial score (nSPS) is 20.2. The van der Waals surface area contributed by atoms with Gasteiger partial charge in [0, 0.05) is 18.2 Å². The highest BCUT2D eigenvalue weighted by Crippen LogP contribution is 2.36. The van der Waals surface area contributed by atoms with Crippen molar-refractivity contribution < 1.29 is 22.8 Å². The second-order valence-electron chi connectivity index (χ2n) is 5.73. The van der Waals surface area contributed by atoms with E-state index in [4.69, 9.17) is 11.6 Å². The van der Waals surface area contributed by atoms with Crippen LogP contribution >= 0.6 is 23.4 Å². The Kier molecular flexibility index (Phi) is 6.57. The van der Waals surface area contributed by atoms with Gasteiger partial charge in [0.15, 0.2) is 5.17 Å². The number of nitrogens with zero attached hydrogens (tertiary/aromatic N) is 1. The van der Waals surface area contributed by atoms with Crippen LogP contribution in [0.3, 0.4) is 0 Å². The number of hydrogen-bond donors (Lipinski definition) is 2. The fourth-order valence-corrected chi connectivity index (χ4v) is 3.39. The summed E-state index contributed by atoms with van der Waals surface area (Å²) in [6.45, 7) is 3.86. The monoisotopic (exact) mass is 407 g/mol. The van der Waals surface area contributed by atoms with Gasteiger partial charge in [-0.25, -0.2) is 0 Å². The van der Waals surface area contributed by atoms with Gasteiger partial charge < -0.3 is 10.6 Å². The Morgan fingerprint density at radius 3 is 2.77 bits per heavy atom. The van der Waals surface area contributed by atoms with Crippen LogP contribution in [0.2, 0.25) is 5.02 Å². The van der Waals surface area contributed by atoms with Crippen LogP contribution in [-0.2, 0) is 15.8 Å². The van der Waals surface area contributed by atoms with Gasteiger partial charge in [-0.05, 0) is 31.5 Å². The third-order valence-corrected chi connectivity index (χ3v) is 5.06. The highest BCUT2D eigenvalue weighted by atomic mass is 35.5. The molecule has 2 N–H and O–H groups in total. The van der Waals surface area contributed by atoms with Crippen molar-refractivity contribution in [1.82, 2.24) is 5.32 Å². The van der Waals surface area contributed by atoms with Crippen molar-refractivity contribution in [3.8, 4) is 0 Å².